The minimum Gasteiger partial charge on any atom is -0.369 e. The van der Waals surface area contributed by atoms with Gasteiger partial charge < -0.3 is 5.73 Å². The van der Waals surface area contributed by atoms with E-state index >= 15 is 0 Å². The summed E-state index contributed by atoms with van der Waals surface area (Å²) in [5.74, 6) is 0.479. The number of halogens is 1. The second kappa shape index (κ2) is 4.26. The first kappa shape index (κ1) is 11.5. The van der Waals surface area contributed by atoms with Crippen LogP contribution in [0.1, 0.15) is 10.4 Å². The highest BCUT2D eigenvalue weighted by Crippen LogP contribution is 2.25. The molecule has 4 nitrogen and oxygen atoms in total. The van der Waals surface area contributed by atoms with Gasteiger partial charge in [-0.15, -0.1) is 11.3 Å². The lowest BCUT2D eigenvalue weighted by Crippen LogP contribution is -2.04. The van der Waals surface area contributed by atoms with Crippen molar-refractivity contribution in [2.75, 3.05) is 5.73 Å². The van der Waals surface area contributed by atoms with Gasteiger partial charge in [0.25, 0.3) is 0 Å². The van der Waals surface area contributed by atoms with Gasteiger partial charge in [-0.2, -0.15) is 0 Å². The van der Waals surface area contributed by atoms with Crippen molar-refractivity contribution in [3.63, 3.8) is 0 Å². The van der Waals surface area contributed by atoms with E-state index in [1.54, 1.807) is 0 Å². The third-order valence-corrected chi connectivity index (χ3v) is 3.91. The monoisotopic (exact) mass is 278 g/mol. The molecule has 18 heavy (non-hydrogen) atoms. The third-order valence-electron chi connectivity index (χ3n) is 2.69. The van der Waals surface area contributed by atoms with Gasteiger partial charge in [-0.25, -0.2) is 9.97 Å². The number of nitrogens with two attached hydrogens (primary N) is 1. The molecule has 0 radical (unpaired) electrons. The summed E-state index contributed by atoms with van der Waals surface area (Å²) in [6, 6.07) is 5.86. The highest BCUT2D eigenvalue weighted by Gasteiger charge is 2.10. The van der Waals surface area contributed by atoms with Gasteiger partial charge in [0.05, 0.1) is 10.9 Å². The Morgan fingerprint density at radius 2 is 2.28 bits per heavy atom. The standard InChI is InChI=1S/C12H11ClN4S/c1-7-4-9-11(15-5-7)17(12(14)16-9)6-8-2-3-10(13)18-8/h2-5H,6H2,1H3,(H2,14,16). The predicted molar refractivity (Wildman–Crippen MR) is 75.1 cm³/mol. The molecule has 0 spiro atoms. The second-order valence-electron chi connectivity index (χ2n) is 4.12. The van der Waals surface area contributed by atoms with E-state index in [1.807, 2.05) is 35.9 Å². The number of pyridine rings is 1. The van der Waals surface area contributed by atoms with Gasteiger partial charge in [0.15, 0.2) is 5.65 Å². The molecule has 0 atom stereocenters. The van der Waals surface area contributed by atoms with E-state index in [4.69, 9.17) is 17.3 Å². The first-order valence-electron chi connectivity index (χ1n) is 5.46. The van der Waals surface area contributed by atoms with E-state index in [0.29, 0.717) is 12.5 Å². The van der Waals surface area contributed by atoms with Crippen LogP contribution in [-0.4, -0.2) is 14.5 Å². The average Bonchev–Trinajstić information content (AvgIpc) is 2.84. The Labute approximate surface area is 113 Å². The van der Waals surface area contributed by atoms with Gasteiger partial charge in [0.2, 0.25) is 5.95 Å². The van der Waals surface area contributed by atoms with Gasteiger partial charge in [-0.3, -0.25) is 4.57 Å². The van der Waals surface area contributed by atoms with E-state index < -0.39 is 0 Å². The molecule has 3 rings (SSSR count). The molecular weight excluding hydrogens is 268 g/mol. The van der Waals surface area contributed by atoms with Crippen LogP contribution in [-0.2, 0) is 6.54 Å². The van der Waals surface area contributed by atoms with Gasteiger partial charge >= 0.3 is 0 Å². The van der Waals surface area contributed by atoms with Crippen LogP contribution in [0.2, 0.25) is 4.34 Å². The molecule has 0 saturated carbocycles. The van der Waals surface area contributed by atoms with Crippen LogP contribution in [0.4, 0.5) is 5.95 Å². The van der Waals surface area contributed by atoms with Crippen LogP contribution in [0.5, 0.6) is 0 Å². The zero-order chi connectivity index (χ0) is 12.7. The molecule has 0 saturated heterocycles. The van der Waals surface area contributed by atoms with Crippen molar-refractivity contribution in [1.29, 1.82) is 0 Å². The van der Waals surface area contributed by atoms with Crippen molar-refractivity contribution in [3.8, 4) is 0 Å². The number of rotatable bonds is 2. The molecule has 92 valence electrons. The lowest BCUT2D eigenvalue weighted by atomic mass is 10.3. The lowest BCUT2D eigenvalue weighted by Gasteiger charge is -2.03. The maximum absolute atomic E-state index is 5.94. The summed E-state index contributed by atoms with van der Waals surface area (Å²) in [5, 5.41) is 0. The van der Waals surface area contributed by atoms with Crippen molar-refractivity contribution in [1.82, 2.24) is 14.5 Å². The van der Waals surface area contributed by atoms with Crippen LogP contribution in [0.3, 0.4) is 0 Å². The number of thiophene rings is 1. The summed E-state index contributed by atoms with van der Waals surface area (Å²) in [6.07, 6.45) is 1.82. The Bertz CT molecular complexity index is 716. The molecule has 2 N–H and O–H groups in total. The van der Waals surface area contributed by atoms with Crippen LogP contribution in [0, 0.1) is 6.92 Å². The number of fused-ring (bicyclic) bond motifs is 1. The van der Waals surface area contributed by atoms with E-state index in [-0.39, 0.29) is 0 Å². The number of nitrogens with zero attached hydrogens (tertiary/aromatic N) is 3. The van der Waals surface area contributed by atoms with Crippen LogP contribution >= 0.6 is 22.9 Å². The van der Waals surface area contributed by atoms with Gasteiger partial charge in [-0.05, 0) is 30.7 Å². The molecule has 0 bridgehead atoms. The first-order chi connectivity index (χ1) is 8.63. The number of anilines is 1. The van der Waals surface area contributed by atoms with Crippen LogP contribution in [0.25, 0.3) is 11.2 Å². The highest BCUT2D eigenvalue weighted by atomic mass is 35.5. The van der Waals surface area contributed by atoms with Gasteiger partial charge in [-0.1, -0.05) is 11.6 Å². The number of aryl methyl sites for hydroxylation is 1. The average molecular weight is 279 g/mol. The molecule has 0 fully saturated rings. The minimum absolute atomic E-state index is 0.479. The van der Waals surface area contributed by atoms with Crippen LogP contribution in [0.15, 0.2) is 24.4 Å². The predicted octanol–water partition coefficient (Wildman–Crippen LogP) is 3.09. The summed E-state index contributed by atoms with van der Waals surface area (Å²) >= 11 is 7.47. The number of imidazole rings is 1. The Morgan fingerprint density at radius 1 is 1.44 bits per heavy atom. The third kappa shape index (κ3) is 1.95. The zero-order valence-corrected chi connectivity index (χ0v) is 11.3. The number of hydrogen-bond donors (Lipinski definition) is 1. The normalized spacial score (nSPS) is 11.2. The van der Waals surface area contributed by atoms with Gasteiger partial charge in [0, 0.05) is 11.1 Å². The Kier molecular flexibility index (Phi) is 2.72. The molecule has 3 heterocycles. The minimum atomic E-state index is 0.479. The molecule has 0 aliphatic carbocycles. The zero-order valence-electron chi connectivity index (χ0n) is 9.72. The maximum Gasteiger partial charge on any atom is 0.202 e. The second-order valence-corrected chi connectivity index (χ2v) is 5.92. The number of aromatic nitrogens is 3. The lowest BCUT2D eigenvalue weighted by molar-refractivity contribution is 0.841. The number of hydrogen-bond acceptors (Lipinski definition) is 4. The fourth-order valence-corrected chi connectivity index (χ4v) is 2.95. The van der Waals surface area contributed by atoms with E-state index in [2.05, 4.69) is 9.97 Å². The number of nitrogen functional groups attached to an aromatic ring is 1. The van der Waals surface area contributed by atoms with Crippen molar-refractivity contribution < 1.29 is 0 Å². The maximum atomic E-state index is 5.94. The van der Waals surface area contributed by atoms with Crippen molar-refractivity contribution in [3.05, 3.63) is 39.2 Å². The summed E-state index contributed by atoms with van der Waals surface area (Å²) in [7, 11) is 0. The molecule has 3 aromatic rings. The first-order valence-corrected chi connectivity index (χ1v) is 6.65. The summed E-state index contributed by atoms with van der Waals surface area (Å²) in [5.41, 5.74) is 8.65. The fraction of sp³-hybridized carbons (Fsp3) is 0.167. The SMILES string of the molecule is Cc1cnc2c(c1)nc(N)n2Cc1ccc(Cl)s1. The smallest absolute Gasteiger partial charge is 0.202 e. The Morgan fingerprint density at radius 3 is 3.00 bits per heavy atom. The molecule has 6 heteroatoms. The van der Waals surface area contributed by atoms with E-state index in [1.165, 1.54) is 11.3 Å². The van der Waals surface area contributed by atoms with Crippen molar-refractivity contribution in [2.24, 2.45) is 0 Å². The summed E-state index contributed by atoms with van der Waals surface area (Å²) < 4.78 is 2.67. The van der Waals surface area contributed by atoms with Crippen molar-refractivity contribution >= 4 is 40.0 Å². The summed E-state index contributed by atoms with van der Waals surface area (Å²) in [6.45, 7) is 2.64. The van der Waals surface area contributed by atoms with Gasteiger partial charge in [0.1, 0.15) is 5.52 Å². The van der Waals surface area contributed by atoms with Crippen molar-refractivity contribution in [2.45, 2.75) is 13.5 Å². The quantitative estimate of drug-likeness (QED) is 0.784. The van der Waals surface area contributed by atoms with Crippen LogP contribution < -0.4 is 5.73 Å². The molecule has 0 aliphatic heterocycles. The topological polar surface area (TPSA) is 56.7 Å². The molecule has 0 amide bonds. The highest BCUT2D eigenvalue weighted by molar-refractivity contribution is 7.16. The summed E-state index contributed by atoms with van der Waals surface area (Å²) in [4.78, 5) is 9.86. The largest absolute Gasteiger partial charge is 0.369 e. The Balaban J connectivity index is 2.08. The molecule has 0 aromatic carbocycles. The molecule has 3 aromatic heterocycles. The molecular formula is C12H11ClN4S. The Hall–Kier alpha value is -1.59. The molecule has 0 unspecified atom stereocenters. The van der Waals surface area contributed by atoms with E-state index in [0.717, 1.165) is 25.9 Å². The fourth-order valence-electron chi connectivity index (χ4n) is 1.88. The molecule has 0 aliphatic rings. The van der Waals surface area contributed by atoms with E-state index in [9.17, 15) is 0 Å².